The first-order valence-corrected chi connectivity index (χ1v) is 8.49. The summed E-state index contributed by atoms with van der Waals surface area (Å²) < 4.78 is 5.70. The Morgan fingerprint density at radius 3 is 2.72 bits per heavy atom. The highest BCUT2D eigenvalue weighted by molar-refractivity contribution is 6.20. The summed E-state index contributed by atoms with van der Waals surface area (Å²) in [6, 6.07) is 0. The topological polar surface area (TPSA) is 9.23 Å². The summed E-state index contributed by atoms with van der Waals surface area (Å²) >= 11 is 6.51. The lowest BCUT2D eigenvalue weighted by Crippen LogP contribution is -2.25. The van der Waals surface area contributed by atoms with E-state index in [-0.39, 0.29) is 0 Å². The van der Waals surface area contributed by atoms with Gasteiger partial charge in [0.1, 0.15) is 0 Å². The van der Waals surface area contributed by atoms with Crippen LogP contribution in [0.5, 0.6) is 0 Å². The van der Waals surface area contributed by atoms with Gasteiger partial charge in [-0.25, -0.2) is 0 Å². The van der Waals surface area contributed by atoms with E-state index in [4.69, 9.17) is 16.3 Å². The SMILES string of the molecule is CCCC1CCC(Cl)C(CCCC2CCCO2)C1. The Morgan fingerprint density at radius 2 is 2.00 bits per heavy atom. The van der Waals surface area contributed by atoms with Crippen LogP contribution in [0.2, 0.25) is 0 Å². The van der Waals surface area contributed by atoms with Gasteiger partial charge in [-0.2, -0.15) is 0 Å². The second kappa shape index (κ2) is 7.75. The standard InChI is InChI=1S/C16H29ClO/c1-2-5-13-9-10-16(17)14(12-13)6-3-7-15-8-4-11-18-15/h13-16H,2-12H2,1H3. The summed E-state index contributed by atoms with van der Waals surface area (Å²) in [6.07, 6.45) is 13.8. The number of halogens is 1. The lowest BCUT2D eigenvalue weighted by molar-refractivity contribution is 0.0993. The van der Waals surface area contributed by atoms with Crippen molar-refractivity contribution in [3.8, 4) is 0 Å². The molecule has 1 heterocycles. The number of rotatable bonds is 6. The first kappa shape index (κ1) is 14.7. The largest absolute Gasteiger partial charge is 0.378 e. The molecule has 0 bridgehead atoms. The van der Waals surface area contributed by atoms with E-state index >= 15 is 0 Å². The minimum Gasteiger partial charge on any atom is -0.378 e. The summed E-state index contributed by atoms with van der Waals surface area (Å²) in [7, 11) is 0. The van der Waals surface area contributed by atoms with E-state index in [2.05, 4.69) is 6.92 Å². The molecule has 1 saturated carbocycles. The summed E-state index contributed by atoms with van der Waals surface area (Å²) in [5.74, 6) is 1.73. The van der Waals surface area contributed by atoms with Gasteiger partial charge in [-0.3, -0.25) is 0 Å². The van der Waals surface area contributed by atoms with E-state index in [0.29, 0.717) is 11.5 Å². The zero-order valence-corrected chi connectivity index (χ0v) is 12.6. The van der Waals surface area contributed by atoms with Crippen LogP contribution in [-0.4, -0.2) is 18.1 Å². The van der Waals surface area contributed by atoms with E-state index in [1.807, 2.05) is 0 Å². The molecular weight excluding hydrogens is 244 g/mol. The van der Waals surface area contributed by atoms with Crippen LogP contribution in [0.15, 0.2) is 0 Å². The van der Waals surface area contributed by atoms with Gasteiger partial charge in [-0.1, -0.05) is 26.2 Å². The van der Waals surface area contributed by atoms with Gasteiger partial charge >= 0.3 is 0 Å². The zero-order valence-electron chi connectivity index (χ0n) is 11.9. The normalized spacial score (nSPS) is 37.0. The third kappa shape index (κ3) is 4.42. The smallest absolute Gasteiger partial charge is 0.0576 e. The molecule has 1 nitrogen and oxygen atoms in total. The molecule has 0 aromatic rings. The third-order valence-corrected chi connectivity index (χ3v) is 5.39. The highest BCUT2D eigenvalue weighted by atomic mass is 35.5. The minimum atomic E-state index is 0.447. The van der Waals surface area contributed by atoms with Gasteiger partial charge in [0.05, 0.1) is 6.10 Å². The number of hydrogen-bond donors (Lipinski definition) is 0. The van der Waals surface area contributed by atoms with E-state index in [0.717, 1.165) is 18.4 Å². The summed E-state index contributed by atoms with van der Waals surface area (Å²) in [6.45, 7) is 3.30. The van der Waals surface area contributed by atoms with E-state index in [1.165, 1.54) is 64.2 Å². The molecule has 4 unspecified atom stereocenters. The molecule has 0 radical (unpaired) electrons. The molecule has 0 amide bonds. The Kier molecular flexibility index (Phi) is 6.31. The maximum Gasteiger partial charge on any atom is 0.0576 e. The van der Waals surface area contributed by atoms with Crippen LogP contribution >= 0.6 is 11.6 Å². The lowest BCUT2D eigenvalue weighted by atomic mass is 9.77. The van der Waals surface area contributed by atoms with Crippen molar-refractivity contribution in [2.75, 3.05) is 6.61 Å². The van der Waals surface area contributed by atoms with E-state index in [9.17, 15) is 0 Å². The van der Waals surface area contributed by atoms with Crippen LogP contribution in [0.1, 0.15) is 71.1 Å². The quantitative estimate of drug-likeness (QED) is 0.607. The molecule has 1 aliphatic heterocycles. The monoisotopic (exact) mass is 272 g/mol. The average molecular weight is 273 g/mol. The van der Waals surface area contributed by atoms with Crippen molar-refractivity contribution in [2.45, 2.75) is 82.6 Å². The van der Waals surface area contributed by atoms with Gasteiger partial charge < -0.3 is 4.74 Å². The Hall–Kier alpha value is 0.250. The van der Waals surface area contributed by atoms with Crippen molar-refractivity contribution in [3.05, 3.63) is 0 Å². The molecule has 2 aliphatic rings. The number of ether oxygens (including phenoxy) is 1. The van der Waals surface area contributed by atoms with Crippen molar-refractivity contribution >= 4 is 11.6 Å². The van der Waals surface area contributed by atoms with Gasteiger partial charge in [-0.05, 0) is 56.8 Å². The first-order valence-electron chi connectivity index (χ1n) is 8.05. The second-order valence-corrected chi connectivity index (χ2v) is 6.87. The molecule has 2 fully saturated rings. The number of hydrogen-bond acceptors (Lipinski definition) is 1. The predicted octanol–water partition coefficient (Wildman–Crippen LogP) is 5.16. The van der Waals surface area contributed by atoms with E-state index in [1.54, 1.807) is 0 Å². The molecule has 2 rings (SSSR count). The Bertz CT molecular complexity index is 225. The van der Waals surface area contributed by atoms with Crippen LogP contribution in [0.3, 0.4) is 0 Å². The summed E-state index contributed by atoms with van der Waals surface area (Å²) in [4.78, 5) is 0. The van der Waals surface area contributed by atoms with Gasteiger partial charge in [0, 0.05) is 12.0 Å². The molecule has 0 spiro atoms. The maximum absolute atomic E-state index is 6.51. The maximum atomic E-state index is 6.51. The summed E-state index contributed by atoms with van der Waals surface area (Å²) in [5.41, 5.74) is 0. The Labute approximate surface area is 118 Å². The highest BCUT2D eigenvalue weighted by Gasteiger charge is 2.28. The van der Waals surface area contributed by atoms with Crippen LogP contribution in [0, 0.1) is 11.8 Å². The number of alkyl halides is 1. The molecule has 106 valence electrons. The lowest BCUT2D eigenvalue weighted by Gasteiger charge is -2.33. The van der Waals surface area contributed by atoms with Crippen molar-refractivity contribution in [3.63, 3.8) is 0 Å². The van der Waals surface area contributed by atoms with Gasteiger partial charge in [-0.15, -0.1) is 11.6 Å². The fourth-order valence-electron chi connectivity index (χ4n) is 3.77. The molecule has 0 aromatic heterocycles. The molecule has 0 N–H and O–H groups in total. The van der Waals surface area contributed by atoms with Gasteiger partial charge in [0.25, 0.3) is 0 Å². The van der Waals surface area contributed by atoms with Crippen molar-refractivity contribution < 1.29 is 4.74 Å². The average Bonchev–Trinajstić information content (AvgIpc) is 2.86. The molecule has 0 aromatic carbocycles. The molecule has 2 heteroatoms. The molecular formula is C16H29ClO. The Balaban J connectivity index is 1.65. The molecule has 18 heavy (non-hydrogen) atoms. The summed E-state index contributed by atoms with van der Waals surface area (Å²) in [5, 5.41) is 0.447. The molecule has 1 aliphatic carbocycles. The fraction of sp³-hybridized carbons (Fsp3) is 1.00. The predicted molar refractivity (Wildman–Crippen MR) is 78.2 cm³/mol. The Morgan fingerprint density at radius 1 is 1.11 bits per heavy atom. The van der Waals surface area contributed by atoms with Gasteiger partial charge in [0.15, 0.2) is 0 Å². The van der Waals surface area contributed by atoms with Crippen LogP contribution < -0.4 is 0 Å². The highest BCUT2D eigenvalue weighted by Crippen LogP contribution is 2.37. The first-order chi connectivity index (χ1) is 8.79. The van der Waals surface area contributed by atoms with Crippen LogP contribution in [-0.2, 0) is 4.74 Å². The van der Waals surface area contributed by atoms with Crippen molar-refractivity contribution in [1.82, 2.24) is 0 Å². The molecule has 4 atom stereocenters. The molecule has 1 saturated heterocycles. The van der Waals surface area contributed by atoms with Crippen molar-refractivity contribution in [1.29, 1.82) is 0 Å². The third-order valence-electron chi connectivity index (χ3n) is 4.82. The van der Waals surface area contributed by atoms with Crippen molar-refractivity contribution in [2.24, 2.45) is 11.8 Å². The fourth-order valence-corrected chi connectivity index (χ4v) is 4.13. The minimum absolute atomic E-state index is 0.447. The van der Waals surface area contributed by atoms with Crippen LogP contribution in [0.4, 0.5) is 0 Å². The second-order valence-electron chi connectivity index (χ2n) is 6.31. The van der Waals surface area contributed by atoms with Crippen LogP contribution in [0.25, 0.3) is 0 Å². The van der Waals surface area contributed by atoms with Gasteiger partial charge in [0.2, 0.25) is 0 Å². The van der Waals surface area contributed by atoms with E-state index < -0.39 is 0 Å². The zero-order chi connectivity index (χ0) is 12.8.